The normalized spacial score (nSPS) is 12.8. The fourth-order valence-corrected chi connectivity index (χ4v) is 2.38. The molecule has 0 amide bonds. The van der Waals surface area contributed by atoms with Gasteiger partial charge in [0.1, 0.15) is 0 Å². The maximum Gasteiger partial charge on any atom is 0.0705 e. The smallest absolute Gasteiger partial charge is 0.0705 e. The summed E-state index contributed by atoms with van der Waals surface area (Å²) in [6, 6.07) is 9.98. The molecule has 0 radical (unpaired) electrons. The molecule has 0 aliphatic carbocycles. The van der Waals surface area contributed by atoms with Crippen molar-refractivity contribution in [3.8, 4) is 0 Å². The van der Waals surface area contributed by atoms with E-state index in [0.717, 1.165) is 27.7 Å². The fraction of sp³-hybridized carbons (Fsp3) is 0.200. The molecule has 4 heteroatoms. The molecule has 1 aromatic carbocycles. The Bertz CT molecular complexity index is 730. The second-order valence-corrected chi connectivity index (χ2v) is 4.78. The predicted molar refractivity (Wildman–Crippen MR) is 75.7 cm³/mol. The lowest BCUT2D eigenvalue weighted by Crippen LogP contribution is -2.12. The molecule has 0 spiro atoms. The van der Waals surface area contributed by atoms with Crippen LogP contribution in [0.5, 0.6) is 0 Å². The van der Waals surface area contributed by atoms with Crippen molar-refractivity contribution in [2.24, 2.45) is 12.8 Å². The largest absolute Gasteiger partial charge is 0.320 e. The molecule has 4 nitrogen and oxygen atoms in total. The third-order valence-electron chi connectivity index (χ3n) is 3.38. The van der Waals surface area contributed by atoms with Gasteiger partial charge in [0, 0.05) is 30.4 Å². The molecule has 0 fully saturated rings. The first kappa shape index (κ1) is 11.9. The zero-order valence-electron chi connectivity index (χ0n) is 11.0. The summed E-state index contributed by atoms with van der Waals surface area (Å²) in [7, 11) is 1.91. The van der Waals surface area contributed by atoms with Crippen LogP contribution < -0.4 is 5.73 Å². The molecule has 0 aliphatic rings. The van der Waals surface area contributed by atoms with Crippen LogP contribution in [0.25, 0.3) is 10.9 Å². The molecule has 2 heterocycles. The lowest BCUT2D eigenvalue weighted by molar-refractivity contribution is 0.756. The number of aryl methyl sites for hydroxylation is 2. The first-order valence-electron chi connectivity index (χ1n) is 6.25. The van der Waals surface area contributed by atoms with Crippen molar-refractivity contribution in [3.63, 3.8) is 0 Å². The second-order valence-electron chi connectivity index (χ2n) is 4.78. The molecule has 3 aromatic rings. The summed E-state index contributed by atoms with van der Waals surface area (Å²) in [6.07, 6.45) is 3.77. The predicted octanol–water partition coefficient (Wildman–Crippen LogP) is 2.32. The number of benzene rings is 1. The zero-order chi connectivity index (χ0) is 13.4. The molecule has 2 aromatic heterocycles. The summed E-state index contributed by atoms with van der Waals surface area (Å²) in [5, 5.41) is 5.47. The quantitative estimate of drug-likeness (QED) is 0.761. The van der Waals surface area contributed by atoms with Crippen LogP contribution in [0.1, 0.15) is 22.9 Å². The van der Waals surface area contributed by atoms with E-state index in [1.54, 1.807) is 10.9 Å². The highest BCUT2D eigenvalue weighted by Gasteiger charge is 2.14. The van der Waals surface area contributed by atoms with Gasteiger partial charge < -0.3 is 5.73 Å². The topological polar surface area (TPSA) is 56.7 Å². The Kier molecular flexibility index (Phi) is 2.80. The van der Waals surface area contributed by atoms with Crippen molar-refractivity contribution in [1.29, 1.82) is 0 Å². The first-order chi connectivity index (χ1) is 9.15. The fourth-order valence-electron chi connectivity index (χ4n) is 2.38. The Balaban J connectivity index is 2.06. The van der Waals surface area contributed by atoms with E-state index < -0.39 is 0 Å². The zero-order valence-corrected chi connectivity index (χ0v) is 11.0. The van der Waals surface area contributed by atoms with Crippen molar-refractivity contribution >= 4 is 10.9 Å². The highest BCUT2D eigenvalue weighted by atomic mass is 15.2. The Labute approximate surface area is 111 Å². The highest BCUT2D eigenvalue weighted by molar-refractivity contribution is 5.79. The van der Waals surface area contributed by atoms with Crippen LogP contribution in [0, 0.1) is 6.92 Å². The molecule has 0 bridgehead atoms. The van der Waals surface area contributed by atoms with E-state index in [9.17, 15) is 0 Å². The minimum Gasteiger partial charge on any atom is -0.320 e. The third kappa shape index (κ3) is 2.11. The number of nitrogens with zero attached hydrogens (tertiary/aromatic N) is 3. The average molecular weight is 252 g/mol. The van der Waals surface area contributed by atoms with E-state index in [4.69, 9.17) is 5.73 Å². The van der Waals surface area contributed by atoms with E-state index >= 15 is 0 Å². The number of pyridine rings is 1. The molecule has 0 aliphatic heterocycles. The van der Waals surface area contributed by atoms with E-state index in [-0.39, 0.29) is 6.04 Å². The van der Waals surface area contributed by atoms with Gasteiger partial charge in [-0.2, -0.15) is 5.10 Å². The Morgan fingerprint density at radius 1 is 1.26 bits per heavy atom. The van der Waals surface area contributed by atoms with Gasteiger partial charge >= 0.3 is 0 Å². The van der Waals surface area contributed by atoms with Gasteiger partial charge in [0.2, 0.25) is 0 Å². The van der Waals surface area contributed by atoms with Gasteiger partial charge in [-0.1, -0.05) is 18.2 Å². The van der Waals surface area contributed by atoms with Gasteiger partial charge in [-0.05, 0) is 24.6 Å². The monoisotopic (exact) mass is 252 g/mol. The molecular weight excluding hydrogens is 236 g/mol. The van der Waals surface area contributed by atoms with E-state index in [1.165, 1.54) is 0 Å². The van der Waals surface area contributed by atoms with Gasteiger partial charge in [0.25, 0.3) is 0 Å². The maximum absolute atomic E-state index is 6.34. The summed E-state index contributed by atoms with van der Waals surface area (Å²) in [5.41, 5.74) is 10.4. The third-order valence-corrected chi connectivity index (χ3v) is 3.38. The molecule has 0 saturated carbocycles. The Hall–Kier alpha value is -2.20. The van der Waals surface area contributed by atoms with Gasteiger partial charge in [-0.3, -0.25) is 9.67 Å². The minimum absolute atomic E-state index is 0.167. The number of hydrogen-bond donors (Lipinski definition) is 1. The number of aromatic nitrogens is 3. The number of fused-ring (bicyclic) bond motifs is 1. The number of nitrogens with two attached hydrogens (primary N) is 1. The summed E-state index contributed by atoms with van der Waals surface area (Å²) >= 11 is 0. The van der Waals surface area contributed by atoms with Crippen LogP contribution in [0.2, 0.25) is 0 Å². The van der Waals surface area contributed by atoms with E-state index in [1.807, 2.05) is 38.4 Å². The van der Waals surface area contributed by atoms with Crippen molar-refractivity contribution in [2.75, 3.05) is 0 Å². The van der Waals surface area contributed by atoms with E-state index in [2.05, 4.69) is 22.2 Å². The lowest BCUT2D eigenvalue weighted by Gasteiger charge is -2.11. The highest BCUT2D eigenvalue weighted by Crippen LogP contribution is 2.24. The van der Waals surface area contributed by atoms with Crippen LogP contribution in [-0.2, 0) is 7.05 Å². The van der Waals surface area contributed by atoms with Crippen LogP contribution >= 0.6 is 0 Å². The van der Waals surface area contributed by atoms with Crippen LogP contribution in [0.3, 0.4) is 0 Å². The van der Waals surface area contributed by atoms with Gasteiger partial charge in [0.15, 0.2) is 0 Å². The average Bonchev–Trinajstić information content (AvgIpc) is 2.76. The SMILES string of the molecule is Cc1nn(C)cc1C(N)c1ccc2cccnc2c1. The Morgan fingerprint density at radius 2 is 2.11 bits per heavy atom. The van der Waals surface area contributed by atoms with Gasteiger partial charge in [-0.15, -0.1) is 0 Å². The molecule has 2 N–H and O–H groups in total. The molecule has 3 rings (SSSR count). The molecule has 0 saturated heterocycles. The van der Waals surface area contributed by atoms with Gasteiger partial charge in [-0.25, -0.2) is 0 Å². The first-order valence-corrected chi connectivity index (χ1v) is 6.25. The lowest BCUT2D eigenvalue weighted by atomic mass is 9.99. The number of hydrogen-bond acceptors (Lipinski definition) is 3. The summed E-state index contributed by atoms with van der Waals surface area (Å²) in [4.78, 5) is 4.37. The molecule has 1 atom stereocenters. The van der Waals surface area contributed by atoms with E-state index in [0.29, 0.717) is 0 Å². The number of rotatable bonds is 2. The van der Waals surface area contributed by atoms with Crippen molar-refractivity contribution in [1.82, 2.24) is 14.8 Å². The van der Waals surface area contributed by atoms with Gasteiger partial charge in [0.05, 0.1) is 17.3 Å². The van der Waals surface area contributed by atoms with Crippen molar-refractivity contribution in [3.05, 3.63) is 59.5 Å². The molecule has 19 heavy (non-hydrogen) atoms. The maximum atomic E-state index is 6.34. The molecular formula is C15H16N4. The molecule has 96 valence electrons. The standard InChI is InChI=1S/C15H16N4/c1-10-13(9-19(2)18-10)15(16)12-6-5-11-4-3-7-17-14(11)8-12/h3-9,15H,16H2,1-2H3. The summed E-state index contributed by atoms with van der Waals surface area (Å²) in [5.74, 6) is 0. The second kappa shape index (κ2) is 4.48. The summed E-state index contributed by atoms with van der Waals surface area (Å²) in [6.45, 7) is 1.98. The van der Waals surface area contributed by atoms with Crippen molar-refractivity contribution in [2.45, 2.75) is 13.0 Å². The van der Waals surface area contributed by atoms with Crippen molar-refractivity contribution < 1.29 is 0 Å². The van der Waals surface area contributed by atoms with Crippen LogP contribution in [-0.4, -0.2) is 14.8 Å². The minimum atomic E-state index is -0.167. The summed E-state index contributed by atoms with van der Waals surface area (Å²) < 4.78 is 1.80. The Morgan fingerprint density at radius 3 is 2.84 bits per heavy atom. The molecule has 1 unspecified atom stereocenters. The van der Waals surface area contributed by atoms with Crippen LogP contribution in [0.4, 0.5) is 0 Å². The van der Waals surface area contributed by atoms with Crippen LogP contribution in [0.15, 0.2) is 42.7 Å².